The summed E-state index contributed by atoms with van der Waals surface area (Å²) in [5.74, 6) is 0. The van der Waals surface area contributed by atoms with Crippen LogP contribution >= 0.6 is 0 Å². The number of hydrogen-bond donors (Lipinski definition) is 1. The van der Waals surface area contributed by atoms with E-state index in [9.17, 15) is 0 Å². The maximum atomic E-state index is 5.67. The zero-order valence-corrected chi connectivity index (χ0v) is 11.0. The van der Waals surface area contributed by atoms with Crippen LogP contribution in [0.25, 0.3) is 10.9 Å². The lowest BCUT2D eigenvalue weighted by Gasteiger charge is -2.06. The summed E-state index contributed by atoms with van der Waals surface area (Å²) < 4.78 is 2.22. The number of aryl methyl sites for hydroxylation is 1. The van der Waals surface area contributed by atoms with E-state index in [-0.39, 0.29) is 0 Å². The second kappa shape index (κ2) is 4.86. The first-order valence-electron chi connectivity index (χ1n) is 6.46. The Morgan fingerprint density at radius 1 is 1.16 bits per heavy atom. The zero-order valence-electron chi connectivity index (χ0n) is 11.0. The van der Waals surface area contributed by atoms with Crippen molar-refractivity contribution in [1.29, 1.82) is 0 Å². The summed E-state index contributed by atoms with van der Waals surface area (Å²) in [4.78, 5) is 4.55. The van der Waals surface area contributed by atoms with Crippen LogP contribution in [-0.4, -0.2) is 9.55 Å². The normalized spacial score (nSPS) is 11.1. The fourth-order valence-corrected chi connectivity index (χ4v) is 2.38. The number of nitrogens with two attached hydrogens (primary N) is 1. The number of pyridine rings is 1. The van der Waals surface area contributed by atoms with Crippen molar-refractivity contribution in [3.05, 3.63) is 65.6 Å². The van der Waals surface area contributed by atoms with Gasteiger partial charge in [-0.3, -0.25) is 4.98 Å². The third-order valence-electron chi connectivity index (χ3n) is 3.35. The molecule has 1 aromatic carbocycles. The minimum Gasteiger partial charge on any atom is -0.341 e. The van der Waals surface area contributed by atoms with Crippen molar-refractivity contribution >= 4 is 10.9 Å². The fraction of sp³-hybridized carbons (Fsp3) is 0.188. The van der Waals surface area contributed by atoms with Gasteiger partial charge in [0.15, 0.2) is 0 Å². The van der Waals surface area contributed by atoms with E-state index in [1.54, 1.807) is 0 Å². The molecule has 3 aromatic rings. The van der Waals surface area contributed by atoms with Crippen LogP contribution < -0.4 is 5.73 Å². The minimum atomic E-state index is 0.584. The molecule has 0 fully saturated rings. The maximum absolute atomic E-state index is 5.67. The first kappa shape index (κ1) is 11.9. The van der Waals surface area contributed by atoms with Gasteiger partial charge >= 0.3 is 0 Å². The van der Waals surface area contributed by atoms with Crippen molar-refractivity contribution in [3.8, 4) is 0 Å². The lowest BCUT2D eigenvalue weighted by Crippen LogP contribution is -2.01. The first-order valence-corrected chi connectivity index (χ1v) is 6.46. The largest absolute Gasteiger partial charge is 0.341 e. The Hall–Kier alpha value is -2.13. The second-order valence-corrected chi connectivity index (χ2v) is 4.81. The second-order valence-electron chi connectivity index (χ2n) is 4.81. The molecule has 2 heterocycles. The molecule has 0 aliphatic carbocycles. The van der Waals surface area contributed by atoms with Crippen molar-refractivity contribution in [1.82, 2.24) is 9.55 Å². The molecule has 0 radical (unpaired) electrons. The third-order valence-corrected chi connectivity index (χ3v) is 3.35. The monoisotopic (exact) mass is 251 g/mol. The maximum Gasteiger partial charge on any atom is 0.0648 e. The van der Waals surface area contributed by atoms with E-state index < -0.39 is 0 Å². The molecule has 0 bridgehead atoms. The van der Waals surface area contributed by atoms with Gasteiger partial charge in [-0.15, -0.1) is 0 Å². The average Bonchev–Trinajstić information content (AvgIpc) is 2.81. The number of nitrogens with zero attached hydrogens (tertiary/aromatic N) is 2. The van der Waals surface area contributed by atoms with Crippen LogP contribution in [0.1, 0.15) is 17.0 Å². The molecule has 2 N–H and O–H groups in total. The van der Waals surface area contributed by atoms with Crippen LogP contribution in [0, 0.1) is 6.92 Å². The number of hydrogen-bond acceptors (Lipinski definition) is 2. The number of aromatic nitrogens is 2. The zero-order chi connectivity index (χ0) is 13.2. The molecule has 3 rings (SSSR count). The average molecular weight is 251 g/mol. The van der Waals surface area contributed by atoms with Crippen LogP contribution in [0.4, 0.5) is 0 Å². The van der Waals surface area contributed by atoms with Crippen LogP contribution in [-0.2, 0) is 13.1 Å². The Labute approximate surface area is 112 Å². The van der Waals surface area contributed by atoms with Gasteiger partial charge in [0.1, 0.15) is 0 Å². The summed E-state index contributed by atoms with van der Waals surface area (Å²) in [5, 5.41) is 1.23. The van der Waals surface area contributed by atoms with Gasteiger partial charge in [0.25, 0.3) is 0 Å². The molecule has 0 amide bonds. The molecule has 3 heteroatoms. The highest BCUT2D eigenvalue weighted by molar-refractivity contribution is 5.81. The van der Waals surface area contributed by atoms with E-state index in [2.05, 4.69) is 52.1 Å². The lowest BCUT2D eigenvalue weighted by atomic mass is 10.1. The molecule has 0 saturated carbocycles. The Bertz CT molecular complexity index is 713. The first-order chi connectivity index (χ1) is 9.26. The highest BCUT2D eigenvalue weighted by atomic mass is 15.0. The van der Waals surface area contributed by atoms with Crippen molar-refractivity contribution in [2.75, 3.05) is 0 Å². The Balaban J connectivity index is 1.97. The number of rotatable bonds is 3. The molecule has 0 spiro atoms. The molecule has 96 valence electrons. The van der Waals surface area contributed by atoms with E-state index in [4.69, 9.17) is 5.73 Å². The molecule has 0 saturated heterocycles. The highest BCUT2D eigenvalue weighted by Gasteiger charge is 2.03. The molecule has 0 unspecified atom stereocenters. The van der Waals surface area contributed by atoms with E-state index in [0.717, 1.165) is 17.9 Å². The van der Waals surface area contributed by atoms with E-state index >= 15 is 0 Å². The smallest absolute Gasteiger partial charge is 0.0648 e. The van der Waals surface area contributed by atoms with E-state index in [1.807, 2.05) is 13.0 Å². The molecular formula is C16H17N3. The predicted octanol–water partition coefficient (Wildman–Crippen LogP) is 2.85. The van der Waals surface area contributed by atoms with E-state index in [0.29, 0.717) is 6.54 Å². The Morgan fingerprint density at radius 3 is 2.84 bits per heavy atom. The van der Waals surface area contributed by atoms with Gasteiger partial charge in [0.05, 0.1) is 12.2 Å². The Morgan fingerprint density at radius 2 is 2.05 bits per heavy atom. The van der Waals surface area contributed by atoms with Crippen LogP contribution in [0.2, 0.25) is 0 Å². The van der Waals surface area contributed by atoms with Gasteiger partial charge in [-0.2, -0.15) is 0 Å². The van der Waals surface area contributed by atoms with E-state index in [1.165, 1.54) is 16.5 Å². The fourth-order valence-electron chi connectivity index (χ4n) is 2.38. The molecule has 2 aromatic heterocycles. The topological polar surface area (TPSA) is 43.8 Å². The summed E-state index contributed by atoms with van der Waals surface area (Å²) in [5.41, 5.74) is 10.2. The summed E-state index contributed by atoms with van der Waals surface area (Å²) in [6, 6.07) is 14.6. The quantitative estimate of drug-likeness (QED) is 0.778. The van der Waals surface area contributed by atoms with Crippen LogP contribution in [0.3, 0.4) is 0 Å². The van der Waals surface area contributed by atoms with Gasteiger partial charge in [-0.25, -0.2) is 0 Å². The number of benzene rings is 1. The highest BCUT2D eigenvalue weighted by Crippen LogP contribution is 2.18. The molecular weight excluding hydrogens is 234 g/mol. The lowest BCUT2D eigenvalue weighted by molar-refractivity contribution is 0.802. The van der Waals surface area contributed by atoms with Crippen LogP contribution in [0.15, 0.2) is 48.7 Å². The molecule has 3 nitrogen and oxygen atoms in total. The molecule has 0 aliphatic rings. The van der Waals surface area contributed by atoms with Crippen molar-refractivity contribution in [3.63, 3.8) is 0 Å². The molecule has 19 heavy (non-hydrogen) atoms. The third kappa shape index (κ3) is 2.37. The number of fused-ring (bicyclic) bond motifs is 1. The SMILES string of the molecule is Cc1cccc(Cn2ccc3cc(CN)ccc32)n1. The van der Waals surface area contributed by atoms with Gasteiger partial charge in [0, 0.05) is 24.0 Å². The summed E-state index contributed by atoms with van der Waals surface area (Å²) in [6.07, 6.45) is 2.11. The molecule has 0 aliphatic heterocycles. The van der Waals surface area contributed by atoms with Gasteiger partial charge in [-0.05, 0) is 48.2 Å². The van der Waals surface area contributed by atoms with Crippen LogP contribution in [0.5, 0.6) is 0 Å². The Kier molecular flexibility index (Phi) is 3.05. The summed E-state index contributed by atoms with van der Waals surface area (Å²) >= 11 is 0. The summed E-state index contributed by atoms with van der Waals surface area (Å²) in [7, 11) is 0. The standard InChI is InChI=1S/C16H17N3/c1-12-3-2-4-15(18-12)11-19-8-7-14-9-13(10-17)5-6-16(14)19/h2-9H,10-11,17H2,1H3. The van der Waals surface area contributed by atoms with Crippen molar-refractivity contribution < 1.29 is 0 Å². The summed E-state index contributed by atoms with van der Waals surface area (Å²) in [6.45, 7) is 3.40. The predicted molar refractivity (Wildman–Crippen MR) is 77.9 cm³/mol. The minimum absolute atomic E-state index is 0.584. The molecule has 0 atom stereocenters. The van der Waals surface area contributed by atoms with Crippen molar-refractivity contribution in [2.45, 2.75) is 20.0 Å². The van der Waals surface area contributed by atoms with Gasteiger partial charge in [0.2, 0.25) is 0 Å². The van der Waals surface area contributed by atoms with Gasteiger partial charge < -0.3 is 10.3 Å². The van der Waals surface area contributed by atoms with Crippen molar-refractivity contribution in [2.24, 2.45) is 5.73 Å². The van der Waals surface area contributed by atoms with Gasteiger partial charge in [-0.1, -0.05) is 12.1 Å².